The minimum absolute atomic E-state index is 0.157. The number of carbonyl (C=O) groups is 1. The van der Waals surface area contributed by atoms with Gasteiger partial charge in [0.05, 0.1) is 6.61 Å². The van der Waals surface area contributed by atoms with Gasteiger partial charge in [0.1, 0.15) is 45.0 Å². The lowest BCUT2D eigenvalue weighted by Gasteiger charge is -2.29. The van der Waals surface area contributed by atoms with Crippen LogP contribution >= 0.6 is 12.2 Å². The number of nitrogens with one attached hydrogen (secondary N) is 2. The number of rotatable bonds is 8. The second-order valence-electron chi connectivity index (χ2n) is 8.47. The van der Waals surface area contributed by atoms with Gasteiger partial charge in [0.2, 0.25) is 4.77 Å². The molecular formula is C22H35N5O2S+2. The summed E-state index contributed by atoms with van der Waals surface area (Å²) in [6.07, 6.45) is 0.157. The lowest BCUT2D eigenvalue weighted by Crippen LogP contribution is -3.27. The molecule has 1 aliphatic heterocycles. The molecule has 1 aromatic carbocycles. The van der Waals surface area contributed by atoms with Crippen LogP contribution in [-0.4, -0.2) is 53.1 Å². The van der Waals surface area contributed by atoms with E-state index in [0.717, 1.165) is 39.4 Å². The first-order valence-corrected chi connectivity index (χ1v) is 11.3. The van der Waals surface area contributed by atoms with Gasteiger partial charge in [0, 0.05) is 12.6 Å². The maximum atomic E-state index is 11.8. The molecule has 0 radical (unpaired) electrons. The van der Waals surface area contributed by atoms with Gasteiger partial charge in [-0.3, -0.25) is 4.79 Å². The average molecular weight is 434 g/mol. The highest BCUT2D eigenvalue weighted by molar-refractivity contribution is 7.71. The van der Waals surface area contributed by atoms with Gasteiger partial charge in [-0.2, -0.15) is 9.78 Å². The zero-order chi connectivity index (χ0) is 21.7. The van der Waals surface area contributed by atoms with Gasteiger partial charge in [0.25, 0.3) is 0 Å². The SMILES string of the molecule is CCOC(=O)Cc1nn(C[NH+]2CC[NH+](Cc3ccc(C(C)C)cc3)CC2)c(=S)n1C. The summed E-state index contributed by atoms with van der Waals surface area (Å²) in [4.78, 5) is 14.9. The fourth-order valence-electron chi connectivity index (χ4n) is 3.94. The number of aromatic nitrogens is 3. The Labute approximate surface area is 184 Å². The summed E-state index contributed by atoms with van der Waals surface area (Å²) in [7, 11) is 1.86. The Balaban J connectivity index is 1.52. The molecule has 1 aromatic heterocycles. The third-order valence-corrected chi connectivity index (χ3v) is 6.36. The van der Waals surface area contributed by atoms with Crippen LogP contribution in [-0.2, 0) is 36.2 Å². The normalized spacial score (nSPS) is 19.2. The third-order valence-electron chi connectivity index (χ3n) is 5.88. The van der Waals surface area contributed by atoms with Crippen molar-refractivity contribution < 1.29 is 19.3 Å². The number of benzene rings is 1. The van der Waals surface area contributed by atoms with E-state index in [9.17, 15) is 4.79 Å². The first kappa shape index (κ1) is 22.7. The van der Waals surface area contributed by atoms with E-state index in [-0.39, 0.29) is 12.4 Å². The Morgan fingerprint density at radius 1 is 1.17 bits per heavy atom. The van der Waals surface area contributed by atoms with Crippen molar-refractivity contribution in [3.63, 3.8) is 0 Å². The van der Waals surface area contributed by atoms with Gasteiger partial charge in [-0.25, -0.2) is 0 Å². The van der Waals surface area contributed by atoms with Crippen molar-refractivity contribution in [3.8, 4) is 0 Å². The fraction of sp³-hybridized carbons (Fsp3) is 0.591. The molecule has 1 saturated heterocycles. The van der Waals surface area contributed by atoms with Crippen molar-refractivity contribution in [2.45, 2.75) is 46.3 Å². The van der Waals surface area contributed by atoms with Crippen molar-refractivity contribution in [3.05, 3.63) is 46.0 Å². The van der Waals surface area contributed by atoms with Gasteiger partial charge < -0.3 is 19.1 Å². The van der Waals surface area contributed by atoms with E-state index in [1.165, 1.54) is 16.0 Å². The first-order valence-electron chi connectivity index (χ1n) is 10.9. The summed E-state index contributed by atoms with van der Waals surface area (Å²) in [5, 5.41) is 4.58. The molecule has 2 aromatic rings. The number of carbonyl (C=O) groups excluding carboxylic acids is 1. The van der Waals surface area contributed by atoms with Gasteiger partial charge in [-0.15, -0.1) is 0 Å². The second-order valence-corrected chi connectivity index (χ2v) is 8.84. The van der Waals surface area contributed by atoms with Crippen molar-refractivity contribution in [2.24, 2.45) is 7.05 Å². The molecule has 7 nitrogen and oxygen atoms in total. The van der Waals surface area contributed by atoms with Crippen LogP contribution in [0.25, 0.3) is 0 Å². The molecule has 0 atom stereocenters. The highest BCUT2D eigenvalue weighted by atomic mass is 32.1. The van der Waals surface area contributed by atoms with Crippen LogP contribution in [0.2, 0.25) is 0 Å². The van der Waals surface area contributed by atoms with Crippen molar-refractivity contribution >= 4 is 18.2 Å². The number of hydrogen-bond acceptors (Lipinski definition) is 4. The molecular weight excluding hydrogens is 398 g/mol. The van der Waals surface area contributed by atoms with Crippen LogP contribution in [0.5, 0.6) is 0 Å². The van der Waals surface area contributed by atoms with Gasteiger partial charge in [0.15, 0.2) is 6.67 Å². The van der Waals surface area contributed by atoms with E-state index >= 15 is 0 Å². The van der Waals surface area contributed by atoms with E-state index in [1.54, 1.807) is 11.8 Å². The van der Waals surface area contributed by atoms with Crippen molar-refractivity contribution in [2.75, 3.05) is 32.8 Å². The summed E-state index contributed by atoms with van der Waals surface area (Å²) < 4.78 is 9.36. The van der Waals surface area contributed by atoms with Crippen LogP contribution in [0.15, 0.2) is 24.3 Å². The topological polar surface area (TPSA) is 57.9 Å². The molecule has 30 heavy (non-hydrogen) atoms. The van der Waals surface area contributed by atoms with Crippen molar-refractivity contribution in [1.82, 2.24) is 14.3 Å². The molecule has 1 aliphatic rings. The predicted molar refractivity (Wildman–Crippen MR) is 118 cm³/mol. The Bertz CT molecular complexity index is 895. The van der Waals surface area contributed by atoms with Crippen molar-refractivity contribution in [1.29, 1.82) is 0 Å². The van der Waals surface area contributed by atoms with Crippen LogP contribution in [0.3, 0.4) is 0 Å². The number of hydrogen-bond donors (Lipinski definition) is 2. The van der Waals surface area contributed by atoms with Gasteiger partial charge >= 0.3 is 5.97 Å². The second kappa shape index (κ2) is 10.3. The number of esters is 1. The Morgan fingerprint density at radius 2 is 1.80 bits per heavy atom. The standard InChI is InChI=1S/C22H33N5O2S/c1-5-29-21(28)14-20-23-27(22(30)24(20)4)16-26-12-10-25(11-13-26)15-18-6-8-19(9-7-18)17(2)3/h6-9,17H,5,10-16H2,1-4H3/p+2. The monoisotopic (exact) mass is 433 g/mol. The maximum Gasteiger partial charge on any atom is 0.313 e. The fourth-order valence-corrected chi connectivity index (χ4v) is 4.15. The summed E-state index contributed by atoms with van der Waals surface area (Å²) in [5.41, 5.74) is 2.81. The predicted octanol–water partition coefficient (Wildman–Crippen LogP) is 0.121. The number of nitrogens with zero attached hydrogens (tertiary/aromatic N) is 3. The largest absolute Gasteiger partial charge is 0.466 e. The number of quaternary nitrogens is 2. The van der Waals surface area contributed by atoms with E-state index in [2.05, 4.69) is 43.2 Å². The van der Waals surface area contributed by atoms with Gasteiger partial charge in [-0.05, 0) is 30.6 Å². The average Bonchev–Trinajstić information content (AvgIpc) is 2.98. The third kappa shape index (κ3) is 5.77. The number of piperazine rings is 1. The molecule has 3 rings (SSSR count). The Hall–Kier alpha value is -2.03. The summed E-state index contributed by atoms with van der Waals surface area (Å²) in [6, 6.07) is 9.08. The summed E-state index contributed by atoms with van der Waals surface area (Å²) in [6.45, 7) is 12.9. The highest BCUT2D eigenvalue weighted by Crippen LogP contribution is 2.14. The molecule has 164 valence electrons. The summed E-state index contributed by atoms with van der Waals surface area (Å²) >= 11 is 5.53. The smallest absolute Gasteiger partial charge is 0.313 e. The van der Waals surface area contributed by atoms with E-state index in [1.807, 2.05) is 16.3 Å². The molecule has 0 saturated carbocycles. The minimum Gasteiger partial charge on any atom is -0.466 e. The maximum absolute atomic E-state index is 11.8. The molecule has 0 unspecified atom stereocenters. The minimum atomic E-state index is -0.265. The lowest BCUT2D eigenvalue weighted by molar-refractivity contribution is -1.03. The van der Waals surface area contributed by atoms with E-state index in [4.69, 9.17) is 17.0 Å². The molecule has 2 heterocycles. The highest BCUT2D eigenvalue weighted by Gasteiger charge is 2.24. The zero-order valence-corrected chi connectivity index (χ0v) is 19.4. The quantitative estimate of drug-likeness (QED) is 0.459. The molecule has 0 amide bonds. The Kier molecular flexibility index (Phi) is 7.80. The van der Waals surface area contributed by atoms with Crippen LogP contribution in [0.4, 0.5) is 0 Å². The lowest BCUT2D eigenvalue weighted by atomic mass is 10.0. The van der Waals surface area contributed by atoms with Crippen LogP contribution in [0, 0.1) is 4.77 Å². The zero-order valence-electron chi connectivity index (χ0n) is 18.6. The molecule has 0 aliphatic carbocycles. The Morgan fingerprint density at radius 3 is 2.40 bits per heavy atom. The summed E-state index contributed by atoms with van der Waals surface area (Å²) in [5.74, 6) is 0.973. The molecule has 8 heteroatoms. The molecule has 1 fully saturated rings. The van der Waals surface area contributed by atoms with Crippen LogP contribution < -0.4 is 9.80 Å². The number of ether oxygens (including phenoxy) is 1. The van der Waals surface area contributed by atoms with E-state index in [0.29, 0.717) is 23.1 Å². The molecule has 2 N–H and O–H groups in total. The molecule has 0 bridgehead atoms. The van der Waals surface area contributed by atoms with Gasteiger partial charge in [-0.1, -0.05) is 38.1 Å². The first-order chi connectivity index (χ1) is 14.4. The molecule has 0 spiro atoms. The van der Waals surface area contributed by atoms with Crippen LogP contribution in [0.1, 0.15) is 43.6 Å². The van der Waals surface area contributed by atoms with E-state index < -0.39 is 0 Å².